The van der Waals surface area contributed by atoms with E-state index in [0.717, 1.165) is 29.7 Å². The van der Waals surface area contributed by atoms with Crippen LogP contribution in [-0.2, 0) is 11.3 Å². The molecule has 1 rings (SSSR count). The van der Waals surface area contributed by atoms with Crippen LogP contribution in [0.2, 0.25) is 0 Å². The van der Waals surface area contributed by atoms with Crippen molar-refractivity contribution in [1.29, 1.82) is 0 Å². The first-order valence-electron chi connectivity index (χ1n) is 8.89. The highest BCUT2D eigenvalue weighted by Gasteiger charge is 2.15. The topological polar surface area (TPSA) is 90.4 Å². The van der Waals surface area contributed by atoms with Crippen molar-refractivity contribution in [3.8, 4) is 0 Å². The molecule has 5 nitrogen and oxygen atoms in total. The molecule has 0 aliphatic heterocycles. The van der Waals surface area contributed by atoms with Crippen molar-refractivity contribution in [2.75, 3.05) is 0 Å². The predicted octanol–water partition coefficient (Wildman–Crippen LogP) is 3.77. The minimum absolute atomic E-state index is 0.199. The second kappa shape index (κ2) is 9.47. The van der Waals surface area contributed by atoms with Crippen molar-refractivity contribution in [1.82, 2.24) is 5.32 Å². The van der Waals surface area contributed by atoms with Gasteiger partial charge in [0.1, 0.15) is 5.60 Å². The van der Waals surface area contributed by atoms with Gasteiger partial charge >= 0.3 is 6.09 Å². The summed E-state index contributed by atoms with van der Waals surface area (Å²) in [7, 11) is 0. The lowest BCUT2D eigenvalue weighted by atomic mass is 9.96. The Balaban J connectivity index is 2.56. The summed E-state index contributed by atoms with van der Waals surface area (Å²) in [5.74, 6) is 0.404. The van der Waals surface area contributed by atoms with E-state index in [4.69, 9.17) is 16.2 Å². The van der Waals surface area contributed by atoms with Crippen molar-refractivity contribution < 1.29 is 9.53 Å². The average Bonchev–Trinajstić information content (AvgIpc) is 2.55. The van der Waals surface area contributed by atoms with E-state index in [1.165, 1.54) is 0 Å². The van der Waals surface area contributed by atoms with E-state index < -0.39 is 11.7 Å². The number of nitrogens with two attached hydrogens (primary N) is 2. The molecule has 0 aromatic heterocycles. The standard InChI is InChI=1S/C20H33N3O2/c1-6-17(21)14(2)7-12-18(22)16-10-8-15(9-11-16)13-23-19(24)25-20(3,4)5/h8-12,14,17H,6-7,13,21-22H2,1-5H3,(H,23,24)/b18-12+. The monoisotopic (exact) mass is 347 g/mol. The molecular weight excluding hydrogens is 314 g/mol. The highest BCUT2D eigenvalue weighted by atomic mass is 16.6. The lowest BCUT2D eigenvalue weighted by Crippen LogP contribution is -2.32. The van der Waals surface area contributed by atoms with Crippen LogP contribution < -0.4 is 16.8 Å². The lowest BCUT2D eigenvalue weighted by molar-refractivity contribution is 0.0523. The minimum Gasteiger partial charge on any atom is -0.444 e. The molecular formula is C20H33N3O2. The zero-order valence-electron chi connectivity index (χ0n) is 16.1. The van der Waals surface area contributed by atoms with Crippen molar-refractivity contribution in [3.05, 3.63) is 41.5 Å². The smallest absolute Gasteiger partial charge is 0.407 e. The number of hydrogen-bond acceptors (Lipinski definition) is 4. The summed E-state index contributed by atoms with van der Waals surface area (Å²) < 4.78 is 5.21. The fourth-order valence-corrected chi connectivity index (χ4v) is 2.31. The summed E-state index contributed by atoms with van der Waals surface area (Å²) >= 11 is 0. The normalized spacial score (nSPS) is 14.7. The fraction of sp³-hybridized carbons (Fsp3) is 0.550. The fourth-order valence-electron chi connectivity index (χ4n) is 2.31. The Morgan fingerprint density at radius 2 is 1.88 bits per heavy atom. The van der Waals surface area contributed by atoms with E-state index in [0.29, 0.717) is 12.5 Å². The third-order valence-electron chi connectivity index (χ3n) is 4.03. The van der Waals surface area contributed by atoms with Gasteiger partial charge in [0.05, 0.1) is 0 Å². The lowest BCUT2D eigenvalue weighted by Gasteiger charge is -2.19. The van der Waals surface area contributed by atoms with Gasteiger partial charge in [0.25, 0.3) is 0 Å². The number of ether oxygens (including phenoxy) is 1. The number of amides is 1. The van der Waals surface area contributed by atoms with E-state index in [1.54, 1.807) is 0 Å². The molecule has 0 fully saturated rings. The van der Waals surface area contributed by atoms with Crippen LogP contribution in [0.5, 0.6) is 0 Å². The molecule has 25 heavy (non-hydrogen) atoms. The van der Waals surface area contributed by atoms with E-state index in [2.05, 4.69) is 19.2 Å². The number of hydrogen-bond donors (Lipinski definition) is 3. The molecule has 140 valence electrons. The van der Waals surface area contributed by atoms with Gasteiger partial charge in [-0.3, -0.25) is 0 Å². The van der Waals surface area contributed by atoms with Crippen LogP contribution in [0.3, 0.4) is 0 Å². The van der Waals surface area contributed by atoms with Crippen LogP contribution in [0, 0.1) is 5.92 Å². The first-order valence-corrected chi connectivity index (χ1v) is 8.89. The van der Waals surface area contributed by atoms with Gasteiger partial charge in [-0.05, 0) is 50.7 Å². The zero-order chi connectivity index (χ0) is 19.0. The number of nitrogens with one attached hydrogen (secondary N) is 1. The molecule has 0 aliphatic rings. The zero-order valence-corrected chi connectivity index (χ0v) is 16.1. The van der Waals surface area contributed by atoms with Crippen LogP contribution in [-0.4, -0.2) is 17.7 Å². The number of alkyl carbamates (subject to hydrolysis) is 1. The van der Waals surface area contributed by atoms with Crippen LogP contribution in [0.4, 0.5) is 4.79 Å². The molecule has 0 heterocycles. The molecule has 0 bridgehead atoms. The molecule has 0 saturated heterocycles. The number of allylic oxidation sites excluding steroid dienone is 1. The van der Waals surface area contributed by atoms with E-state index >= 15 is 0 Å². The third kappa shape index (κ3) is 8.07. The van der Waals surface area contributed by atoms with Gasteiger partial charge in [0.2, 0.25) is 0 Å². The van der Waals surface area contributed by atoms with Crippen LogP contribution >= 0.6 is 0 Å². The number of carbonyl (C=O) groups excluding carboxylic acids is 1. The Morgan fingerprint density at radius 1 is 1.28 bits per heavy atom. The highest BCUT2D eigenvalue weighted by Crippen LogP contribution is 2.16. The van der Waals surface area contributed by atoms with Crippen LogP contribution in [0.15, 0.2) is 30.3 Å². The maximum absolute atomic E-state index is 11.7. The molecule has 0 radical (unpaired) electrons. The molecule has 5 N–H and O–H groups in total. The Morgan fingerprint density at radius 3 is 2.40 bits per heavy atom. The first kappa shape index (κ1) is 21.0. The summed E-state index contributed by atoms with van der Waals surface area (Å²) in [5.41, 5.74) is 14.4. The number of benzene rings is 1. The van der Waals surface area contributed by atoms with Crippen molar-refractivity contribution in [2.45, 2.75) is 65.6 Å². The van der Waals surface area contributed by atoms with Gasteiger partial charge in [0.15, 0.2) is 0 Å². The van der Waals surface area contributed by atoms with Gasteiger partial charge in [0, 0.05) is 18.3 Å². The Hall–Kier alpha value is -2.01. The van der Waals surface area contributed by atoms with Gasteiger partial charge in [-0.1, -0.05) is 44.2 Å². The van der Waals surface area contributed by atoms with Gasteiger partial charge < -0.3 is 21.5 Å². The van der Waals surface area contributed by atoms with E-state index in [1.807, 2.05) is 51.1 Å². The molecule has 0 spiro atoms. The van der Waals surface area contributed by atoms with Crippen molar-refractivity contribution >= 4 is 11.8 Å². The molecule has 1 amide bonds. The molecule has 0 saturated carbocycles. The summed E-state index contributed by atoms with van der Waals surface area (Å²) in [5, 5.41) is 2.74. The summed E-state index contributed by atoms with van der Waals surface area (Å²) in [6, 6.07) is 8.03. The van der Waals surface area contributed by atoms with Crippen LogP contribution in [0.25, 0.3) is 5.70 Å². The molecule has 5 heteroatoms. The summed E-state index contributed by atoms with van der Waals surface area (Å²) in [6.07, 6.45) is 3.45. The van der Waals surface area contributed by atoms with Gasteiger partial charge in [-0.25, -0.2) is 4.79 Å². The van der Waals surface area contributed by atoms with Gasteiger partial charge in [-0.15, -0.1) is 0 Å². The number of rotatable bonds is 7. The summed E-state index contributed by atoms with van der Waals surface area (Å²) in [4.78, 5) is 11.7. The molecule has 2 unspecified atom stereocenters. The Labute approximate surface area is 151 Å². The van der Waals surface area contributed by atoms with Crippen molar-refractivity contribution in [2.24, 2.45) is 17.4 Å². The molecule has 1 aromatic rings. The molecule has 2 atom stereocenters. The second-order valence-corrected chi connectivity index (χ2v) is 7.50. The largest absolute Gasteiger partial charge is 0.444 e. The molecule has 1 aromatic carbocycles. The maximum atomic E-state index is 11.7. The number of carbonyl (C=O) groups is 1. The Kier molecular flexibility index (Phi) is 7.97. The van der Waals surface area contributed by atoms with E-state index in [9.17, 15) is 4.79 Å². The van der Waals surface area contributed by atoms with Gasteiger partial charge in [-0.2, -0.15) is 0 Å². The highest BCUT2D eigenvalue weighted by molar-refractivity contribution is 5.68. The Bertz CT molecular complexity index is 574. The SMILES string of the molecule is CCC(N)C(C)C/C=C(/N)c1ccc(CNC(=O)OC(C)(C)C)cc1. The minimum atomic E-state index is -0.495. The third-order valence-corrected chi connectivity index (χ3v) is 4.03. The quantitative estimate of drug-likeness (QED) is 0.700. The maximum Gasteiger partial charge on any atom is 0.407 e. The second-order valence-electron chi connectivity index (χ2n) is 7.50. The van der Waals surface area contributed by atoms with Crippen molar-refractivity contribution in [3.63, 3.8) is 0 Å². The average molecular weight is 348 g/mol. The first-order chi connectivity index (χ1) is 11.6. The van der Waals surface area contributed by atoms with E-state index in [-0.39, 0.29) is 6.04 Å². The summed E-state index contributed by atoms with van der Waals surface area (Å²) in [6.45, 7) is 10.2. The van der Waals surface area contributed by atoms with Crippen LogP contribution in [0.1, 0.15) is 58.6 Å². The predicted molar refractivity (Wildman–Crippen MR) is 104 cm³/mol. The molecule has 0 aliphatic carbocycles.